The summed E-state index contributed by atoms with van der Waals surface area (Å²) >= 11 is 0. The third kappa shape index (κ3) is 7.25. The Bertz CT molecular complexity index is 678. The first-order valence-electron chi connectivity index (χ1n) is 8.49. The number of hydrogen-bond acceptors (Lipinski definition) is 3. The lowest BCUT2D eigenvalue weighted by Gasteiger charge is -2.19. The number of nitrogens with one attached hydrogen (secondary N) is 2. The second-order valence-corrected chi connectivity index (χ2v) is 6.14. The molecule has 0 bridgehead atoms. The first kappa shape index (κ1) is 21.7. The van der Waals surface area contributed by atoms with E-state index in [1.54, 1.807) is 24.3 Å². The maximum absolute atomic E-state index is 12.5. The molecule has 0 saturated heterocycles. The second-order valence-electron chi connectivity index (χ2n) is 6.14. The quantitative estimate of drug-likeness (QED) is 0.662. The van der Waals surface area contributed by atoms with E-state index < -0.39 is 6.04 Å². The van der Waals surface area contributed by atoms with Crippen molar-refractivity contribution in [2.45, 2.75) is 31.8 Å². The van der Waals surface area contributed by atoms with Crippen molar-refractivity contribution in [3.63, 3.8) is 0 Å². The molecule has 0 heterocycles. The number of rotatable bonds is 8. The Morgan fingerprint density at radius 3 is 2.15 bits per heavy atom. The Kier molecular flexibility index (Phi) is 9.41. The SMILES string of the molecule is CC(N)CCNC(=O)C(Cc1ccccc1)NC(=O)c1ccccc1.Cl. The van der Waals surface area contributed by atoms with Gasteiger partial charge in [0.25, 0.3) is 5.91 Å². The van der Waals surface area contributed by atoms with E-state index in [1.165, 1.54) is 0 Å². The van der Waals surface area contributed by atoms with Crippen LogP contribution in [0.5, 0.6) is 0 Å². The molecule has 2 aromatic rings. The van der Waals surface area contributed by atoms with Crippen molar-refractivity contribution in [2.24, 2.45) is 5.73 Å². The zero-order valence-electron chi connectivity index (χ0n) is 14.9. The van der Waals surface area contributed by atoms with Crippen LogP contribution in [0.3, 0.4) is 0 Å². The van der Waals surface area contributed by atoms with Gasteiger partial charge in [0.15, 0.2) is 0 Å². The minimum absolute atomic E-state index is 0. The van der Waals surface area contributed by atoms with Crippen LogP contribution in [0, 0.1) is 0 Å². The first-order valence-corrected chi connectivity index (χ1v) is 8.49. The molecule has 5 nitrogen and oxygen atoms in total. The van der Waals surface area contributed by atoms with Gasteiger partial charge >= 0.3 is 0 Å². The van der Waals surface area contributed by atoms with E-state index in [9.17, 15) is 9.59 Å². The van der Waals surface area contributed by atoms with Crippen molar-refractivity contribution in [2.75, 3.05) is 6.54 Å². The van der Waals surface area contributed by atoms with Gasteiger partial charge in [0.05, 0.1) is 0 Å². The molecule has 140 valence electrons. The third-order valence-electron chi connectivity index (χ3n) is 3.84. The van der Waals surface area contributed by atoms with Crippen molar-refractivity contribution in [3.8, 4) is 0 Å². The lowest BCUT2D eigenvalue weighted by molar-refractivity contribution is -0.122. The minimum atomic E-state index is -0.636. The molecule has 26 heavy (non-hydrogen) atoms. The van der Waals surface area contributed by atoms with E-state index in [0.717, 1.165) is 5.56 Å². The molecule has 0 spiro atoms. The fraction of sp³-hybridized carbons (Fsp3) is 0.300. The molecule has 2 rings (SSSR count). The molecule has 0 radical (unpaired) electrons. The summed E-state index contributed by atoms with van der Waals surface area (Å²) in [6.45, 7) is 2.38. The van der Waals surface area contributed by atoms with Gasteiger partial charge in [0.1, 0.15) is 6.04 Å². The van der Waals surface area contributed by atoms with Crippen LogP contribution in [0.25, 0.3) is 0 Å². The highest BCUT2D eigenvalue weighted by Gasteiger charge is 2.21. The smallest absolute Gasteiger partial charge is 0.251 e. The number of carbonyl (C=O) groups excluding carboxylic acids is 2. The Balaban J connectivity index is 0.00000338. The molecule has 2 unspecified atom stereocenters. The van der Waals surface area contributed by atoms with Crippen molar-refractivity contribution in [3.05, 3.63) is 71.8 Å². The van der Waals surface area contributed by atoms with Crippen LogP contribution in [0.1, 0.15) is 29.3 Å². The van der Waals surface area contributed by atoms with Crippen LogP contribution in [0.15, 0.2) is 60.7 Å². The number of carbonyl (C=O) groups is 2. The van der Waals surface area contributed by atoms with Gasteiger partial charge < -0.3 is 16.4 Å². The molecular formula is C20H26ClN3O2. The van der Waals surface area contributed by atoms with E-state index in [4.69, 9.17) is 5.73 Å². The summed E-state index contributed by atoms with van der Waals surface area (Å²) in [4.78, 5) is 24.9. The number of halogens is 1. The van der Waals surface area contributed by atoms with Gasteiger partial charge in [-0.2, -0.15) is 0 Å². The lowest BCUT2D eigenvalue weighted by atomic mass is 10.0. The topological polar surface area (TPSA) is 84.2 Å². The minimum Gasteiger partial charge on any atom is -0.354 e. The highest BCUT2D eigenvalue weighted by atomic mass is 35.5. The fourth-order valence-electron chi connectivity index (χ4n) is 2.44. The molecule has 6 heteroatoms. The fourth-order valence-corrected chi connectivity index (χ4v) is 2.44. The van der Waals surface area contributed by atoms with Crippen LogP contribution in [-0.2, 0) is 11.2 Å². The number of amides is 2. The van der Waals surface area contributed by atoms with Gasteiger partial charge in [-0.05, 0) is 31.0 Å². The van der Waals surface area contributed by atoms with E-state index >= 15 is 0 Å². The van der Waals surface area contributed by atoms with E-state index in [2.05, 4.69) is 10.6 Å². The molecule has 0 aliphatic heterocycles. The van der Waals surface area contributed by atoms with Gasteiger partial charge in [-0.25, -0.2) is 0 Å². The monoisotopic (exact) mass is 375 g/mol. The van der Waals surface area contributed by atoms with Gasteiger partial charge in [-0.15, -0.1) is 12.4 Å². The summed E-state index contributed by atoms with van der Waals surface area (Å²) in [7, 11) is 0. The van der Waals surface area contributed by atoms with Crippen molar-refractivity contribution >= 4 is 24.2 Å². The number of nitrogens with two attached hydrogens (primary N) is 1. The molecule has 2 atom stereocenters. The average Bonchev–Trinajstić information content (AvgIpc) is 2.62. The predicted octanol–water partition coefficient (Wildman–Crippen LogP) is 2.30. The van der Waals surface area contributed by atoms with E-state index in [-0.39, 0.29) is 30.3 Å². The summed E-state index contributed by atoms with van der Waals surface area (Å²) in [5.41, 5.74) is 7.23. The average molecular weight is 376 g/mol. The molecule has 0 fully saturated rings. The summed E-state index contributed by atoms with van der Waals surface area (Å²) in [6, 6.07) is 17.9. The zero-order chi connectivity index (χ0) is 18.1. The van der Waals surface area contributed by atoms with Crippen molar-refractivity contribution in [1.29, 1.82) is 0 Å². The molecule has 0 aromatic heterocycles. The Morgan fingerprint density at radius 1 is 1.00 bits per heavy atom. The summed E-state index contributed by atoms with van der Waals surface area (Å²) in [5.74, 6) is -0.461. The summed E-state index contributed by atoms with van der Waals surface area (Å²) in [5, 5.41) is 5.69. The van der Waals surface area contributed by atoms with Gasteiger partial charge in [-0.3, -0.25) is 9.59 Å². The van der Waals surface area contributed by atoms with Crippen molar-refractivity contribution < 1.29 is 9.59 Å². The Morgan fingerprint density at radius 2 is 1.58 bits per heavy atom. The lowest BCUT2D eigenvalue weighted by Crippen LogP contribution is -2.48. The largest absolute Gasteiger partial charge is 0.354 e. The van der Waals surface area contributed by atoms with E-state index in [1.807, 2.05) is 43.3 Å². The van der Waals surface area contributed by atoms with E-state index in [0.29, 0.717) is 24.9 Å². The van der Waals surface area contributed by atoms with Crippen LogP contribution >= 0.6 is 12.4 Å². The van der Waals surface area contributed by atoms with Crippen LogP contribution in [0.4, 0.5) is 0 Å². The molecule has 0 saturated carbocycles. The molecule has 4 N–H and O–H groups in total. The van der Waals surface area contributed by atoms with Crippen LogP contribution < -0.4 is 16.4 Å². The standard InChI is InChI=1S/C20H25N3O2.ClH/c1-15(21)12-13-22-20(25)18(14-16-8-4-2-5-9-16)23-19(24)17-10-6-3-7-11-17;/h2-11,15,18H,12-14,21H2,1H3,(H,22,25)(H,23,24);1H. The van der Waals surface area contributed by atoms with Gasteiger partial charge in [0.2, 0.25) is 5.91 Å². The normalized spacial score (nSPS) is 12.4. The van der Waals surface area contributed by atoms with Gasteiger partial charge in [-0.1, -0.05) is 48.5 Å². The highest BCUT2D eigenvalue weighted by molar-refractivity contribution is 5.97. The number of benzene rings is 2. The Hall–Kier alpha value is -2.37. The summed E-state index contributed by atoms with van der Waals surface area (Å²) in [6.07, 6.45) is 1.12. The second kappa shape index (κ2) is 11.3. The third-order valence-corrected chi connectivity index (χ3v) is 3.84. The maximum atomic E-state index is 12.5. The van der Waals surface area contributed by atoms with Crippen LogP contribution in [0.2, 0.25) is 0 Å². The first-order chi connectivity index (χ1) is 12.1. The highest BCUT2D eigenvalue weighted by Crippen LogP contribution is 2.06. The van der Waals surface area contributed by atoms with Crippen LogP contribution in [-0.4, -0.2) is 30.4 Å². The van der Waals surface area contributed by atoms with Crippen molar-refractivity contribution in [1.82, 2.24) is 10.6 Å². The molecule has 0 aliphatic carbocycles. The Labute approximate surface area is 160 Å². The molecular weight excluding hydrogens is 350 g/mol. The maximum Gasteiger partial charge on any atom is 0.251 e. The predicted molar refractivity (Wildman–Crippen MR) is 106 cm³/mol. The van der Waals surface area contributed by atoms with Gasteiger partial charge in [0, 0.05) is 24.6 Å². The zero-order valence-corrected chi connectivity index (χ0v) is 15.7. The molecule has 2 amide bonds. The number of hydrogen-bond donors (Lipinski definition) is 3. The molecule has 0 aliphatic rings. The molecule has 2 aromatic carbocycles. The summed E-state index contributed by atoms with van der Waals surface area (Å²) < 4.78 is 0.